The summed E-state index contributed by atoms with van der Waals surface area (Å²) in [5, 5.41) is 13.5. The maximum Gasteiger partial charge on any atom is 0.272 e. The van der Waals surface area contributed by atoms with Gasteiger partial charge in [-0.15, -0.1) is 21.5 Å². The van der Waals surface area contributed by atoms with Crippen LogP contribution >= 0.6 is 11.3 Å². The molecule has 4 aromatic rings. The Morgan fingerprint density at radius 2 is 2.10 bits per heavy atom. The van der Waals surface area contributed by atoms with Crippen LogP contribution in [-0.2, 0) is 24.3 Å². The standard InChI is InChI=1S/C21H24N6O2S/c1-14(2)13-26-20(29)19-16(9-11-30-19)27-17(24-25-21(26)27)7-5-8-18(28)23-12-15-6-3-4-10-22-15/h3-4,6,9-11,14H,5,7-8,12-13H2,1-2H3,(H,23,28). The zero-order chi connectivity index (χ0) is 21.1. The lowest BCUT2D eigenvalue weighted by Crippen LogP contribution is -2.25. The zero-order valence-electron chi connectivity index (χ0n) is 17.0. The minimum absolute atomic E-state index is 0.0194. The molecule has 0 aliphatic carbocycles. The molecule has 0 spiro atoms. The van der Waals surface area contributed by atoms with E-state index in [0.717, 1.165) is 17.0 Å². The number of aryl methyl sites for hydroxylation is 1. The Labute approximate surface area is 177 Å². The molecular weight excluding hydrogens is 400 g/mol. The van der Waals surface area contributed by atoms with Crippen molar-refractivity contribution < 1.29 is 4.79 Å². The molecular formula is C21H24N6O2S. The largest absolute Gasteiger partial charge is 0.350 e. The van der Waals surface area contributed by atoms with Gasteiger partial charge in [-0.2, -0.15) is 0 Å². The number of nitrogens with zero attached hydrogens (tertiary/aromatic N) is 5. The molecule has 0 saturated heterocycles. The second-order valence-corrected chi connectivity index (χ2v) is 8.56. The third-order valence-corrected chi connectivity index (χ3v) is 5.72. The first kappa shape index (κ1) is 20.2. The van der Waals surface area contributed by atoms with Crippen LogP contribution in [0.1, 0.15) is 38.2 Å². The summed E-state index contributed by atoms with van der Waals surface area (Å²) >= 11 is 1.44. The lowest BCUT2D eigenvalue weighted by atomic mass is 10.2. The number of pyridine rings is 1. The van der Waals surface area contributed by atoms with Crippen molar-refractivity contribution in [1.82, 2.24) is 29.5 Å². The van der Waals surface area contributed by atoms with Gasteiger partial charge in [0.15, 0.2) is 0 Å². The van der Waals surface area contributed by atoms with Crippen molar-refractivity contribution >= 4 is 33.2 Å². The van der Waals surface area contributed by atoms with Gasteiger partial charge in [0, 0.05) is 25.6 Å². The van der Waals surface area contributed by atoms with Gasteiger partial charge in [-0.25, -0.2) is 0 Å². The molecule has 156 valence electrons. The molecule has 4 aromatic heterocycles. The van der Waals surface area contributed by atoms with Gasteiger partial charge in [-0.05, 0) is 35.9 Å². The van der Waals surface area contributed by atoms with E-state index in [1.54, 1.807) is 10.8 Å². The molecule has 0 saturated carbocycles. The predicted molar refractivity (Wildman–Crippen MR) is 116 cm³/mol. The van der Waals surface area contributed by atoms with Gasteiger partial charge in [0.2, 0.25) is 11.7 Å². The zero-order valence-corrected chi connectivity index (χ0v) is 17.9. The summed E-state index contributed by atoms with van der Waals surface area (Å²) in [5.41, 5.74) is 1.64. The van der Waals surface area contributed by atoms with Crippen molar-refractivity contribution in [2.45, 2.75) is 46.2 Å². The highest BCUT2D eigenvalue weighted by atomic mass is 32.1. The van der Waals surface area contributed by atoms with Gasteiger partial charge < -0.3 is 5.32 Å². The van der Waals surface area contributed by atoms with E-state index < -0.39 is 0 Å². The van der Waals surface area contributed by atoms with Crippen molar-refractivity contribution in [2.24, 2.45) is 5.92 Å². The molecule has 8 nitrogen and oxygen atoms in total. The smallest absolute Gasteiger partial charge is 0.272 e. The summed E-state index contributed by atoms with van der Waals surface area (Å²) in [6, 6.07) is 7.56. The van der Waals surface area contributed by atoms with Gasteiger partial charge in [0.1, 0.15) is 10.5 Å². The van der Waals surface area contributed by atoms with Crippen LogP contribution in [0.2, 0.25) is 0 Å². The Kier molecular flexibility index (Phi) is 5.89. The molecule has 0 atom stereocenters. The molecule has 0 aliphatic rings. The maximum atomic E-state index is 12.9. The number of carbonyl (C=O) groups excluding carboxylic acids is 1. The van der Waals surface area contributed by atoms with Crippen molar-refractivity contribution in [2.75, 3.05) is 0 Å². The summed E-state index contributed by atoms with van der Waals surface area (Å²) in [6.45, 7) is 5.15. The first-order chi connectivity index (χ1) is 14.5. The van der Waals surface area contributed by atoms with Crippen LogP contribution in [0.5, 0.6) is 0 Å². The Hall–Kier alpha value is -3.07. The number of rotatable bonds is 8. The lowest BCUT2D eigenvalue weighted by Gasteiger charge is -2.11. The highest BCUT2D eigenvalue weighted by molar-refractivity contribution is 7.17. The summed E-state index contributed by atoms with van der Waals surface area (Å²) < 4.78 is 4.37. The van der Waals surface area contributed by atoms with Crippen LogP contribution in [-0.4, -0.2) is 30.1 Å². The number of carbonyl (C=O) groups is 1. The number of nitrogens with one attached hydrogen (secondary N) is 1. The van der Waals surface area contributed by atoms with Gasteiger partial charge in [-0.3, -0.25) is 23.5 Å². The first-order valence-corrected chi connectivity index (χ1v) is 10.9. The van der Waals surface area contributed by atoms with Crippen LogP contribution in [0.3, 0.4) is 0 Å². The van der Waals surface area contributed by atoms with Crippen molar-refractivity contribution in [3.05, 3.63) is 57.7 Å². The lowest BCUT2D eigenvalue weighted by molar-refractivity contribution is -0.121. The molecule has 0 fully saturated rings. The number of hydrogen-bond donors (Lipinski definition) is 1. The van der Waals surface area contributed by atoms with Crippen LogP contribution in [0, 0.1) is 5.92 Å². The molecule has 0 aliphatic heterocycles. The fraction of sp³-hybridized carbons (Fsp3) is 0.381. The number of hydrogen-bond acceptors (Lipinski definition) is 6. The van der Waals surface area contributed by atoms with E-state index in [-0.39, 0.29) is 11.5 Å². The molecule has 9 heteroatoms. The molecule has 0 aromatic carbocycles. The maximum absolute atomic E-state index is 12.9. The number of fused-ring (bicyclic) bond motifs is 3. The normalized spacial score (nSPS) is 11.6. The number of thiophene rings is 1. The average Bonchev–Trinajstić information content (AvgIpc) is 3.37. The number of aromatic nitrogens is 5. The van der Waals surface area contributed by atoms with E-state index in [9.17, 15) is 9.59 Å². The number of amides is 1. The topological polar surface area (TPSA) is 94.2 Å². The third kappa shape index (κ3) is 4.11. The minimum Gasteiger partial charge on any atom is -0.350 e. The fourth-order valence-electron chi connectivity index (χ4n) is 3.46. The van der Waals surface area contributed by atoms with Crippen LogP contribution in [0.15, 0.2) is 40.6 Å². The molecule has 0 bridgehead atoms. The van der Waals surface area contributed by atoms with E-state index in [1.165, 1.54) is 11.3 Å². The second-order valence-electron chi connectivity index (χ2n) is 7.65. The van der Waals surface area contributed by atoms with Crippen molar-refractivity contribution in [3.8, 4) is 0 Å². The molecule has 4 heterocycles. The summed E-state index contributed by atoms with van der Waals surface area (Å²) in [7, 11) is 0. The summed E-state index contributed by atoms with van der Waals surface area (Å²) in [4.78, 5) is 29.3. The van der Waals surface area contributed by atoms with E-state index in [1.807, 2.05) is 34.0 Å². The van der Waals surface area contributed by atoms with Gasteiger partial charge in [-0.1, -0.05) is 19.9 Å². The molecule has 0 unspecified atom stereocenters. The Morgan fingerprint density at radius 3 is 2.87 bits per heavy atom. The van der Waals surface area contributed by atoms with Crippen molar-refractivity contribution in [1.29, 1.82) is 0 Å². The first-order valence-electron chi connectivity index (χ1n) is 10.0. The van der Waals surface area contributed by atoms with E-state index in [4.69, 9.17) is 0 Å². The molecule has 1 amide bonds. The monoisotopic (exact) mass is 424 g/mol. The van der Waals surface area contributed by atoms with Crippen LogP contribution in [0.25, 0.3) is 16.0 Å². The van der Waals surface area contributed by atoms with E-state index in [0.29, 0.717) is 48.7 Å². The fourth-order valence-corrected chi connectivity index (χ4v) is 4.28. The SMILES string of the molecule is CC(C)Cn1c(=O)c2sccc2n2c(CCCC(=O)NCc3ccccn3)nnc12. The highest BCUT2D eigenvalue weighted by Gasteiger charge is 2.18. The Morgan fingerprint density at radius 1 is 1.23 bits per heavy atom. The third-order valence-electron chi connectivity index (χ3n) is 4.82. The molecule has 30 heavy (non-hydrogen) atoms. The van der Waals surface area contributed by atoms with Crippen molar-refractivity contribution in [3.63, 3.8) is 0 Å². The van der Waals surface area contributed by atoms with Gasteiger partial charge in [0.05, 0.1) is 17.8 Å². The van der Waals surface area contributed by atoms with Crippen LogP contribution in [0.4, 0.5) is 0 Å². The quantitative estimate of drug-likeness (QED) is 0.469. The van der Waals surface area contributed by atoms with Gasteiger partial charge >= 0.3 is 0 Å². The molecule has 1 N–H and O–H groups in total. The average molecular weight is 425 g/mol. The minimum atomic E-state index is -0.0214. The second kappa shape index (κ2) is 8.74. The predicted octanol–water partition coefficient (Wildman–Crippen LogP) is 2.80. The van der Waals surface area contributed by atoms with E-state index >= 15 is 0 Å². The molecule has 0 radical (unpaired) electrons. The van der Waals surface area contributed by atoms with Crippen LogP contribution < -0.4 is 10.9 Å². The van der Waals surface area contributed by atoms with Gasteiger partial charge in [0.25, 0.3) is 5.56 Å². The Balaban J connectivity index is 1.49. The Bertz CT molecular complexity index is 1220. The van der Waals surface area contributed by atoms with E-state index in [2.05, 4.69) is 34.3 Å². The summed E-state index contributed by atoms with van der Waals surface area (Å²) in [6.07, 6.45) is 3.34. The summed E-state index contributed by atoms with van der Waals surface area (Å²) in [5.74, 6) is 1.62. The molecule has 4 rings (SSSR count). The highest BCUT2D eigenvalue weighted by Crippen LogP contribution is 2.21.